The van der Waals surface area contributed by atoms with E-state index in [-0.39, 0.29) is 16.3 Å². The first kappa shape index (κ1) is 16.1. The highest BCUT2D eigenvalue weighted by Gasteiger charge is 2.25. The Morgan fingerprint density at radius 2 is 1.47 bits per heavy atom. The molecule has 0 aromatic heterocycles. The van der Waals surface area contributed by atoms with Crippen molar-refractivity contribution in [3.63, 3.8) is 0 Å². The molecule has 0 bridgehead atoms. The number of sulfone groups is 1. The highest BCUT2D eigenvalue weighted by Crippen LogP contribution is 2.16. The van der Waals surface area contributed by atoms with Crippen LogP contribution in [0.3, 0.4) is 0 Å². The molecule has 108 valence electrons. The van der Waals surface area contributed by atoms with Crippen LogP contribution in [-0.4, -0.2) is 35.2 Å². The summed E-state index contributed by atoms with van der Waals surface area (Å²) in [5.41, 5.74) is 4.70. The molecule has 0 radical (unpaired) electrons. The predicted molar refractivity (Wildman–Crippen MR) is 73.0 cm³/mol. The maximum absolute atomic E-state index is 12.1. The van der Waals surface area contributed by atoms with Crippen LogP contribution in [0.2, 0.25) is 0 Å². The molecule has 3 N–H and O–H groups in total. The molecular formula is C11H18N2O4S2. The van der Waals surface area contributed by atoms with E-state index >= 15 is 0 Å². The Labute approximate surface area is 114 Å². The standard InChI is InChI=1S/C11H18N2O4S2/c1-11(2,8-12)13-19(16,17)10-6-4-9(5-7-10)18(3,14)15/h4-7,13H,8,12H2,1-3H3. The van der Waals surface area contributed by atoms with Gasteiger partial charge >= 0.3 is 0 Å². The van der Waals surface area contributed by atoms with Gasteiger partial charge in [-0.2, -0.15) is 0 Å². The van der Waals surface area contributed by atoms with Crippen molar-refractivity contribution in [1.82, 2.24) is 4.72 Å². The van der Waals surface area contributed by atoms with Gasteiger partial charge in [-0.15, -0.1) is 0 Å². The number of rotatable bonds is 5. The third-order valence-corrected chi connectivity index (χ3v) is 5.33. The van der Waals surface area contributed by atoms with Gasteiger partial charge in [-0.25, -0.2) is 21.6 Å². The van der Waals surface area contributed by atoms with E-state index < -0.39 is 25.4 Å². The fourth-order valence-corrected chi connectivity index (χ4v) is 3.38. The summed E-state index contributed by atoms with van der Waals surface area (Å²) in [5, 5.41) is 0. The average Bonchev–Trinajstić information content (AvgIpc) is 2.27. The Bertz CT molecular complexity index is 646. The maximum atomic E-state index is 12.1. The fraction of sp³-hybridized carbons (Fsp3) is 0.455. The third kappa shape index (κ3) is 4.27. The van der Waals surface area contributed by atoms with Crippen LogP contribution in [0.1, 0.15) is 13.8 Å². The predicted octanol–water partition coefficient (Wildman–Crippen LogP) is 0.106. The van der Waals surface area contributed by atoms with E-state index in [0.717, 1.165) is 6.26 Å². The first-order valence-electron chi connectivity index (χ1n) is 5.52. The normalized spacial score (nSPS) is 13.5. The first-order chi connectivity index (χ1) is 8.48. The summed E-state index contributed by atoms with van der Waals surface area (Å²) in [5.74, 6) is 0. The van der Waals surface area contributed by atoms with Crippen LogP contribution in [0.25, 0.3) is 0 Å². The van der Waals surface area contributed by atoms with E-state index in [0.29, 0.717) is 0 Å². The summed E-state index contributed by atoms with van der Waals surface area (Å²) in [6.07, 6.45) is 1.06. The van der Waals surface area contributed by atoms with Crippen molar-refractivity contribution in [2.24, 2.45) is 5.73 Å². The highest BCUT2D eigenvalue weighted by atomic mass is 32.2. The first-order valence-corrected chi connectivity index (χ1v) is 8.90. The van der Waals surface area contributed by atoms with E-state index in [1.54, 1.807) is 13.8 Å². The molecule has 0 aliphatic rings. The number of hydrogen-bond donors (Lipinski definition) is 2. The molecule has 0 saturated heterocycles. The smallest absolute Gasteiger partial charge is 0.241 e. The lowest BCUT2D eigenvalue weighted by atomic mass is 10.1. The van der Waals surface area contributed by atoms with Gasteiger partial charge in [-0.3, -0.25) is 0 Å². The van der Waals surface area contributed by atoms with E-state index in [9.17, 15) is 16.8 Å². The van der Waals surface area contributed by atoms with Gasteiger partial charge in [0.1, 0.15) is 0 Å². The SMILES string of the molecule is CC(C)(CN)NS(=O)(=O)c1ccc(S(C)(=O)=O)cc1. The summed E-state index contributed by atoms with van der Waals surface area (Å²) >= 11 is 0. The van der Waals surface area contributed by atoms with Crippen LogP contribution in [0.5, 0.6) is 0 Å². The molecule has 0 saturated carbocycles. The molecule has 1 aromatic rings. The summed E-state index contributed by atoms with van der Waals surface area (Å²) in [6, 6.07) is 5.04. The molecule has 0 fully saturated rings. The minimum Gasteiger partial charge on any atom is -0.329 e. The van der Waals surface area contributed by atoms with Gasteiger partial charge in [0, 0.05) is 18.3 Å². The lowest BCUT2D eigenvalue weighted by Crippen LogP contribution is -2.48. The zero-order valence-electron chi connectivity index (χ0n) is 11.0. The number of nitrogens with two attached hydrogens (primary N) is 1. The van der Waals surface area contributed by atoms with Crippen molar-refractivity contribution in [1.29, 1.82) is 0 Å². The Morgan fingerprint density at radius 1 is 1.05 bits per heavy atom. The average molecular weight is 306 g/mol. The largest absolute Gasteiger partial charge is 0.329 e. The topological polar surface area (TPSA) is 106 Å². The molecule has 0 unspecified atom stereocenters. The Balaban J connectivity index is 3.11. The van der Waals surface area contributed by atoms with Gasteiger partial charge in [-0.05, 0) is 38.1 Å². The minimum absolute atomic E-state index is 0.00132. The molecule has 0 heterocycles. The van der Waals surface area contributed by atoms with Crippen LogP contribution in [0.4, 0.5) is 0 Å². The summed E-state index contributed by atoms with van der Waals surface area (Å²) in [7, 11) is -7.06. The molecule has 0 atom stereocenters. The second-order valence-corrected chi connectivity index (χ2v) is 8.64. The lowest BCUT2D eigenvalue weighted by molar-refractivity contribution is 0.462. The zero-order chi connectivity index (χ0) is 14.9. The zero-order valence-corrected chi connectivity index (χ0v) is 12.7. The van der Waals surface area contributed by atoms with Crippen LogP contribution in [0, 0.1) is 0 Å². The van der Waals surface area contributed by atoms with Gasteiger partial charge < -0.3 is 5.73 Å². The Hall–Kier alpha value is -0.960. The molecular weight excluding hydrogens is 288 g/mol. The van der Waals surface area contributed by atoms with Crippen molar-refractivity contribution in [2.45, 2.75) is 29.2 Å². The number of sulfonamides is 1. The molecule has 0 spiro atoms. The van der Waals surface area contributed by atoms with Crippen molar-refractivity contribution in [3.05, 3.63) is 24.3 Å². The maximum Gasteiger partial charge on any atom is 0.241 e. The molecule has 0 amide bonds. The van der Waals surface area contributed by atoms with Crippen molar-refractivity contribution in [2.75, 3.05) is 12.8 Å². The van der Waals surface area contributed by atoms with Crippen LogP contribution in [0.15, 0.2) is 34.1 Å². The minimum atomic E-state index is -3.72. The van der Waals surface area contributed by atoms with Crippen LogP contribution >= 0.6 is 0 Å². The number of benzene rings is 1. The van der Waals surface area contributed by atoms with Crippen molar-refractivity contribution >= 4 is 19.9 Å². The molecule has 0 aliphatic heterocycles. The monoisotopic (exact) mass is 306 g/mol. The number of hydrogen-bond acceptors (Lipinski definition) is 5. The van der Waals surface area contributed by atoms with Crippen molar-refractivity contribution < 1.29 is 16.8 Å². The van der Waals surface area contributed by atoms with E-state index in [1.165, 1.54) is 24.3 Å². The van der Waals surface area contributed by atoms with E-state index in [4.69, 9.17) is 5.73 Å². The quantitative estimate of drug-likeness (QED) is 0.803. The fourth-order valence-electron chi connectivity index (χ4n) is 1.33. The molecule has 1 aromatic carbocycles. The van der Waals surface area contributed by atoms with Gasteiger partial charge in [0.15, 0.2) is 9.84 Å². The summed E-state index contributed by atoms with van der Waals surface area (Å²) < 4.78 is 49.1. The second-order valence-electron chi connectivity index (χ2n) is 4.94. The van der Waals surface area contributed by atoms with Gasteiger partial charge in [-0.1, -0.05) is 0 Å². The van der Waals surface area contributed by atoms with Crippen LogP contribution in [-0.2, 0) is 19.9 Å². The van der Waals surface area contributed by atoms with Gasteiger partial charge in [0.05, 0.1) is 9.79 Å². The van der Waals surface area contributed by atoms with Crippen LogP contribution < -0.4 is 10.5 Å². The molecule has 0 aliphatic carbocycles. The Morgan fingerprint density at radius 3 is 1.84 bits per heavy atom. The third-order valence-electron chi connectivity index (χ3n) is 2.48. The molecule has 6 nitrogen and oxygen atoms in total. The van der Waals surface area contributed by atoms with Gasteiger partial charge in [0.25, 0.3) is 0 Å². The highest BCUT2D eigenvalue weighted by molar-refractivity contribution is 7.90. The molecule has 19 heavy (non-hydrogen) atoms. The van der Waals surface area contributed by atoms with E-state index in [1.807, 2.05) is 0 Å². The number of nitrogens with one attached hydrogen (secondary N) is 1. The Kier molecular flexibility index (Phi) is 4.40. The second kappa shape index (κ2) is 5.20. The van der Waals surface area contributed by atoms with Crippen molar-refractivity contribution in [3.8, 4) is 0 Å². The van der Waals surface area contributed by atoms with Gasteiger partial charge in [0.2, 0.25) is 10.0 Å². The molecule has 1 rings (SSSR count). The summed E-state index contributed by atoms with van der Waals surface area (Å²) in [4.78, 5) is 0.0750. The summed E-state index contributed by atoms with van der Waals surface area (Å²) in [6.45, 7) is 3.47. The van der Waals surface area contributed by atoms with E-state index in [2.05, 4.69) is 4.72 Å². The molecule has 8 heteroatoms. The lowest BCUT2D eigenvalue weighted by Gasteiger charge is -2.23.